The average molecular weight is 402 g/mol. The molecule has 1 saturated heterocycles. The topological polar surface area (TPSA) is 87.7 Å². The minimum absolute atomic E-state index is 0.00755. The Labute approximate surface area is 172 Å². The molecular formula is C22H31N3O4. The third-order valence-electron chi connectivity index (χ3n) is 5.79. The van der Waals surface area contributed by atoms with E-state index in [9.17, 15) is 14.4 Å². The first-order chi connectivity index (χ1) is 14.1. The van der Waals surface area contributed by atoms with E-state index in [-0.39, 0.29) is 35.7 Å². The van der Waals surface area contributed by atoms with Crippen molar-refractivity contribution < 1.29 is 19.1 Å². The first-order valence-corrected chi connectivity index (χ1v) is 10.6. The Balaban J connectivity index is 1.49. The smallest absolute Gasteiger partial charge is 0.324 e. The summed E-state index contributed by atoms with van der Waals surface area (Å²) >= 11 is 0. The molecule has 7 nitrogen and oxygen atoms in total. The van der Waals surface area contributed by atoms with E-state index in [0.717, 1.165) is 12.0 Å². The summed E-state index contributed by atoms with van der Waals surface area (Å²) in [6.45, 7) is 4.22. The van der Waals surface area contributed by atoms with Gasteiger partial charge in [0.2, 0.25) is 11.8 Å². The van der Waals surface area contributed by atoms with Crippen molar-refractivity contribution in [2.24, 2.45) is 11.8 Å². The quantitative estimate of drug-likeness (QED) is 0.621. The van der Waals surface area contributed by atoms with Crippen molar-refractivity contribution in [3.05, 3.63) is 35.9 Å². The first-order valence-electron chi connectivity index (χ1n) is 10.6. The standard InChI is InChI=1S/C22H31N3O4/c1-2-29-14-6-12-23-20(26)17-9-10-18-19(15-17)24-22(28)25(21(18)27)13-11-16-7-4-3-5-8-16/h3-5,7-8,17-19H,2,6,9-15H2,1H3,(H,23,26)(H,24,28). The van der Waals surface area contributed by atoms with Gasteiger partial charge < -0.3 is 15.4 Å². The Morgan fingerprint density at radius 1 is 1.24 bits per heavy atom. The van der Waals surface area contributed by atoms with Gasteiger partial charge in [-0.25, -0.2) is 4.79 Å². The zero-order chi connectivity index (χ0) is 20.6. The fourth-order valence-corrected chi connectivity index (χ4v) is 4.17. The van der Waals surface area contributed by atoms with E-state index in [1.54, 1.807) is 0 Å². The molecule has 1 heterocycles. The van der Waals surface area contributed by atoms with Crippen LogP contribution in [0.5, 0.6) is 0 Å². The minimum Gasteiger partial charge on any atom is -0.382 e. The van der Waals surface area contributed by atoms with Crippen molar-refractivity contribution in [3.63, 3.8) is 0 Å². The lowest BCUT2D eigenvalue weighted by molar-refractivity contribution is -0.139. The van der Waals surface area contributed by atoms with Crippen molar-refractivity contribution in [2.75, 3.05) is 26.3 Å². The molecule has 7 heteroatoms. The second kappa shape index (κ2) is 10.4. The maximum Gasteiger partial charge on any atom is 0.324 e. The molecule has 1 aromatic rings. The number of ether oxygens (including phenoxy) is 1. The van der Waals surface area contributed by atoms with Gasteiger partial charge in [-0.2, -0.15) is 0 Å². The molecule has 1 aliphatic heterocycles. The third kappa shape index (κ3) is 5.56. The number of urea groups is 1. The zero-order valence-corrected chi connectivity index (χ0v) is 17.1. The molecule has 2 aliphatic rings. The number of benzene rings is 1. The van der Waals surface area contributed by atoms with Crippen LogP contribution < -0.4 is 10.6 Å². The number of hydrogen-bond donors (Lipinski definition) is 2. The normalized spacial score (nSPS) is 24.0. The Bertz CT molecular complexity index is 709. The van der Waals surface area contributed by atoms with Crippen molar-refractivity contribution >= 4 is 17.8 Å². The monoisotopic (exact) mass is 401 g/mol. The third-order valence-corrected chi connectivity index (χ3v) is 5.79. The molecule has 0 bridgehead atoms. The number of carbonyl (C=O) groups excluding carboxylic acids is 3. The van der Waals surface area contributed by atoms with Gasteiger partial charge in [-0.3, -0.25) is 14.5 Å². The molecule has 3 unspecified atom stereocenters. The van der Waals surface area contributed by atoms with Gasteiger partial charge in [-0.1, -0.05) is 30.3 Å². The number of imide groups is 1. The van der Waals surface area contributed by atoms with Gasteiger partial charge in [0.1, 0.15) is 0 Å². The Morgan fingerprint density at radius 3 is 2.79 bits per heavy atom. The van der Waals surface area contributed by atoms with E-state index < -0.39 is 0 Å². The number of rotatable bonds is 9. The summed E-state index contributed by atoms with van der Waals surface area (Å²) in [5, 5.41) is 5.92. The molecule has 2 N–H and O–H groups in total. The number of nitrogens with one attached hydrogen (secondary N) is 2. The Morgan fingerprint density at radius 2 is 2.03 bits per heavy atom. The molecule has 2 fully saturated rings. The van der Waals surface area contributed by atoms with Crippen LogP contribution in [0.25, 0.3) is 0 Å². The van der Waals surface area contributed by atoms with Crippen molar-refractivity contribution in [3.8, 4) is 0 Å². The highest BCUT2D eigenvalue weighted by Crippen LogP contribution is 2.33. The molecule has 3 atom stereocenters. The summed E-state index contributed by atoms with van der Waals surface area (Å²) in [5.74, 6) is -0.490. The van der Waals surface area contributed by atoms with Crippen LogP contribution in [0.3, 0.4) is 0 Å². The van der Waals surface area contributed by atoms with Crippen molar-refractivity contribution in [1.82, 2.24) is 15.5 Å². The number of amides is 4. The first kappa shape index (κ1) is 21.3. The van der Waals surface area contributed by atoms with Crippen LogP contribution in [0.15, 0.2) is 30.3 Å². The summed E-state index contributed by atoms with van der Waals surface area (Å²) in [6, 6.07) is 9.24. The molecule has 4 amide bonds. The van der Waals surface area contributed by atoms with E-state index in [4.69, 9.17) is 4.74 Å². The maximum absolute atomic E-state index is 12.9. The molecular weight excluding hydrogens is 370 g/mol. The highest BCUT2D eigenvalue weighted by atomic mass is 16.5. The lowest BCUT2D eigenvalue weighted by atomic mass is 9.76. The molecule has 1 aromatic carbocycles. The Kier molecular flexibility index (Phi) is 7.63. The fourth-order valence-electron chi connectivity index (χ4n) is 4.17. The van der Waals surface area contributed by atoms with Gasteiger partial charge in [0, 0.05) is 38.3 Å². The number of fused-ring (bicyclic) bond motifs is 1. The zero-order valence-electron chi connectivity index (χ0n) is 17.1. The summed E-state index contributed by atoms with van der Waals surface area (Å²) in [6.07, 6.45) is 3.25. The molecule has 3 rings (SSSR count). The number of nitrogens with zero attached hydrogens (tertiary/aromatic N) is 1. The Hall–Kier alpha value is -2.41. The van der Waals surface area contributed by atoms with Crippen LogP contribution in [0.1, 0.15) is 38.2 Å². The molecule has 0 aromatic heterocycles. The van der Waals surface area contributed by atoms with Crippen LogP contribution in [0, 0.1) is 11.8 Å². The highest BCUT2D eigenvalue weighted by Gasteiger charge is 2.45. The van der Waals surface area contributed by atoms with E-state index >= 15 is 0 Å². The van der Waals surface area contributed by atoms with Gasteiger partial charge >= 0.3 is 6.03 Å². The average Bonchev–Trinajstić information content (AvgIpc) is 2.73. The van der Waals surface area contributed by atoms with E-state index in [1.165, 1.54) is 4.90 Å². The predicted molar refractivity (Wildman–Crippen MR) is 109 cm³/mol. The summed E-state index contributed by atoms with van der Waals surface area (Å²) < 4.78 is 5.27. The molecule has 0 spiro atoms. The van der Waals surface area contributed by atoms with E-state index in [2.05, 4.69) is 10.6 Å². The number of hydrogen-bond acceptors (Lipinski definition) is 4. The van der Waals surface area contributed by atoms with Crippen LogP contribution >= 0.6 is 0 Å². The van der Waals surface area contributed by atoms with Crippen molar-refractivity contribution in [2.45, 2.75) is 45.1 Å². The predicted octanol–water partition coefficient (Wildman–Crippen LogP) is 2.11. The van der Waals surface area contributed by atoms with Gasteiger partial charge in [0.05, 0.1) is 5.92 Å². The highest BCUT2D eigenvalue weighted by molar-refractivity contribution is 5.99. The van der Waals surface area contributed by atoms with Gasteiger partial charge in [-0.15, -0.1) is 0 Å². The largest absolute Gasteiger partial charge is 0.382 e. The molecule has 158 valence electrons. The summed E-state index contributed by atoms with van der Waals surface area (Å²) in [4.78, 5) is 39.2. The lowest BCUT2D eigenvalue weighted by Crippen LogP contribution is -2.62. The molecule has 0 radical (unpaired) electrons. The molecule has 1 aliphatic carbocycles. The lowest BCUT2D eigenvalue weighted by Gasteiger charge is -2.42. The molecule has 29 heavy (non-hydrogen) atoms. The van der Waals surface area contributed by atoms with Gasteiger partial charge in [-0.05, 0) is 44.6 Å². The van der Waals surface area contributed by atoms with Crippen LogP contribution in [-0.4, -0.2) is 55.1 Å². The van der Waals surface area contributed by atoms with Crippen LogP contribution in [-0.2, 0) is 20.7 Å². The fraction of sp³-hybridized carbons (Fsp3) is 0.591. The maximum atomic E-state index is 12.9. The van der Waals surface area contributed by atoms with Crippen molar-refractivity contribution in [1.29, 1.82) is 0 Å². The van der Waals surface area contributed by atoms with Gasteiger partial charge in [0.15, 0.2) is 0 Å². The minimum atomic E-state index is -0.343. The second-order valence-electron chi connectivity index (χ2n) is 7.74. The SMILES string of the molecule is CCOCCCNC(=O)C1CCC2C(=O)N(CCc3ccccc3)C(=O)NC2C1. The second-order valence-corrected chi connectivity index (χ2v) is 7.74. The van der Waals surface area contributed by atoms with Gasteiger partial charge in [0.25, 0.3) is 0 Å². The summed E-state index contributed by atoms with van der Waals surface area (Å²) in [5.41, 5.74) is 1.10. The molecule has 1 saturated carbocycles. The van der Waals surface area contributed by atoms with Crippen LogP contribution in [0.4, 0.5) is 4.79 Å². The van der Waals surface area contributed by atoms with E-state index in [0.29, 0.717) is 52.0 Å². The van der Waals surface area contributed by atoms with Crippen LogP contribution in [0.2, 0.25) is 0 Å². The number of carbonyl (C=O) groups is 3. The summed E-state index contributed by atoms with van der Waals surface area (Å²) in [7, 11) is 0. The van der Waals surface area contributed by atoms with E-state index in [1.807, 2.05) is 37.3 Å².